The number of nitrogens with two attached hydrogens (primary N) is 1. The van der Waals surface area contributed by atoms with E-state index in [0.29, 0.717) is 5.82 Å². The number of nitrogens with zero attached hydrogens (tertiary/aromatic N) is 2. The average Bonchev–Trinajstić information content (AvgIpc) is 2.36. The highest BCUT2D eigenvalue weighted by Gasteiger charge is 2.06. The van der Waals surface area contributed by atoms with Crippen molar-refractivity contribution in [2.45, 2.75) is 0 Å². The van der Waals surface area contributed by atoms with E-state index < -0.39 is 6.03 Å². The lowest BCUT2D eigenvalue weighted by atomic mass is 10.6. The SMILES string of the molecule is NC(=O)N(S)c1ccn[nH]1. The Morgan fingerprint density at radius 1 is 1.90 bits per heavy atom. The van der Waals surface area contributed by atoms with E-state index >= 15 is 0 Å². The minimum absolute atomic E-state index is 0.454. The number of urea groups is 1. The number of nitrogens with one attached hydrogen (secondary N) is 1. The van der Waals surface area contributed by atoms with Crippen molar-refractivity contribution < 1.29 is 4.79 Å². The third kappa shape index (κ3) is 1.21. The van der Waals surface area contributed by atoms with Crippen LogP contribution in [0.2, 0.25) is 0 Å². The molecule has 1 aromatic heterocycles. The van der Waals surface area contributed by atoms with E-state index in [1.165, 1.54) is 6.20 Å². The zero-order valence-electron chi connectivity index (χ0n) is 4.98. The van der Waals surface area contributed by atoms with Crippen molar-refractivity contribution in [2.24, 2.45) is 5.73 Å². The second-order valence-electron chi connectivity index (χ2n) is 1.59. The van der Waals surface area contributed by atoms with Crippen molar-refractivity contribution in [1.29, 1.82) is 0 Å². The number of carbonyl (C=O) groups excluding carboxylic acids is 1. The lowest BCUT2D eigenvalue weighted by Crippen LogP contribution is -2.27. The van der Waals surface area contributed by atoms with Crippen molar-refractivity contribution in [2.75, 3.05) is 4.31 Å². The van der Waals surface area contributed by atoms with Crippen molar-refractivity contribution in [1.82, 2.24) is 10.2 Å². The standard InChI is InChI=1S/C4H6N4OS/c5-4(9)8(10)3-1-2-6-7-3/h1-2,10H,(H2,5,9)(H,6,7). The van der Waals surface area contributed by atoms with Gasteiger partial charge in [-0.05, 0) is 0 Å². The maximum absolute atomic E-state index is 10.4. The average molecular weight is 158 g/mol. The van der Waals surface area contributed by atoms with Crippen LogP contribution < -0.4 is 10.0 Å². The van der Waals surface area contributed by atoms with Gasteiger partial charge in [-0.25, -0.2) is 9.10 Å². The van der Waals surface area contributed by atoms with Gasteiger partial charge in [0.05, 0.1) is 6.20 Å². The summed E-state index contributed by atoms with van der Waals surface area (Å²) in [4.78, 5) is 10.4. The van der Waals surface area contributed by atoms with Gasteiger partial charge in [0.25, 0.3) is 0 Å². The molecule has 0 saturated heterocycles. The zero-order chi connectivity index (χ0) is 7.56. The van der Waals surface area contributed by atoms with Crippen molar-refractivity contribution in [3.8, 4) is 0 Å². The van der Waals surface area contributed by atoms with Gasteiger partial charge in [0.2, 0.25) is 0 Å². The van der Waals surface area contributed by atoms with Crippen molar-refractivity contribution in [3.05, 3.63) is 12.3 Å². The first kappa shape index (κ1) is 6.94. The Bertz CT molecular complexity index is 221. The van der Waals surface area contributed by atoms with Gasteiger partial charge in [-0.1, -0.05) is 12.8 Å². The molecule has 0 aliphatic carbocycles. The molecule has 1 aromatic rings. The Morgan fingerprint density at radius 2 is 2.60 bits per heavy atom. The van der Waals surface area contributed by atoms with E-state index in [9.17, 15) is 4.79 Å². The summed E-state index contributed by atoms with van der Waals surface area (Å²) < 4.78 is 0.965. The largest absolute Gasteiger partial charge is 0.350 e. The zero-order valence-corrected chi connectivity index (χ0v) is 5.88. The van der Waals surface area contributed by atoms with Crippen LogP contribution in [0, 0.1) is 0 Å². The molecule has 0 aromatic carbocycles. The van der Waals surface area contributed by atoms with Crippen molar-refractivity contribution >= 4 is 24.7 Å². The second-order valence-corrected chi connectivity index (χ2v) is 1.99. The molecule has 0 saturated carbocycles. The second kappa shape index (κ2) is 2.61. The number of amides is 2. The third-order valence-electron chi connectivity index (χ3n) is 0.923. The molecule has 0 fully saturated rings. The molecule has 0 radical (unpaired) electrons. The van der Waals surface area contributed by atoms with Gasteiger partial charge in [-0.3, -0.25) is 5.10 Å². The van der Waals surface area contributed by atoms with E-state index in [1.54, 1.807) is 6.07 Å². The summed E-state index contributed by atoms with van der Waals surface area (Å²) >= 11 is 3.77. The Labute approximate surface area is 62.7 Å². The smallest absolute Gasteiger partial charge is 0.330 e. The predicted octanol–water partition coefficient (Wildman–Crippen LogP) is 0.140. The number of primary amides is 1. The Balaban J connectivity index is 2.77. The van der Waals surface area contributed by atoms with Crippen LogP contribution >= 0.6 is 12.8 Å². The fourth-order valence-electron chi connectivity index (χ4n) is 0.485. The molecule has 6 heteroatoms. The first-order chi connectivity index (χ1) is 4.72. The molecule has 0 spiro atoms. The van der Waals surface area contributed by atoms with E-state index in [1.807, 2.05) is 0 Å². The first-order valence-electron chi connectivity index (χ1n) is 2.49. The van der Waals surface area contributed by atoms with Crippen LogP contribution in [-0.4, -0.2) is 16.2 Å². The van der Waals surface area contributed by atoms with Gasteiger partial charge >= 0.3 is 6.03 Å². The Kier molecular flexibility index (Phi) is 1.81. The number of carbonyl (C=O) groups is 1. The van der Waals surface area contributed by atoms with Crippen LogP contribution in [0.15, 0.2) is 12.3 Å². The number of anilines is 1. The molecule has 0 aliphatic heterocycles. The summed E-state index contributed by atoms with van der Waals surface area (Å²) in [5.74, 6) is 0.454. The van der Waals surface area contributed by atoms with Gasteiger partial charge in [-0.15, -0.1) is 0 Å². The highest BCUT2D eigenvalue weighted by Crippen LogP contribution is 2.09. The van der Waals surface area contributed by atoms with Gasteiger partial charge in [0, 0.05) is 6.07 Å². The molecule has 1 heterocycles. The molecule has 1 rings (SSSR count). The molecule has 0 atom stereocenters. The molecule has 10 heavy (non-hydrogen) atoms. The monoisotopic (exact) mass is 158 g/mol. The number of hydrogen-bond acceptors (Lipinski definition) is 3. The number of aromatic amines is 1. The molecule has 0 bridgehead atoms. The molecule has 0 unspecified atom stereocenters. The summed E-state index contributed by atoms with van der Waals surface area (Å²) in [6.07, 6.45) is 1.50. The van der Waals surface area contributed by atoms with Crippen LogP contribution in [0.4, 0.5) is 10.6 Å². The first-order valence-corrected chi connectivity index (χ1v) is 2.89. The number of aromatic nitrogens is 2. The van der Waals surface area contributed by atoms with Gasteiger partial charge in [0.15, 0.2) is 0 Å². The summed E-state index contributed by atoms with van der Waals surface area (Å²) in [6.45, 7) is 0. The van der Waals surface area contributed by atoms with Crippen LogP contribution in [0.25, 0.3) is 0 Å². The van der Waals surface area contributed by atoms with E-state index in [0.717, 1.165) is 4.31 Å². The lowest BCUT2D eigenvalue weighted by molar-refractivity contribution is 0.257. The van der Waals surface area contributed by atoms with Crippen LogP contribution in [0.1, 0.15) is 0 Å². The van der Waals surface area contributed by atoms with Crippen LogP contribution in [-0.2, 0) is 0 Å². The molecule has 5 nitrogen and oxygen atoms in total. The Hall–Kier alpha value is -1.17. The summed E-state index contributed by atoms with van der Waals surface area (Å²) in [7, 11) is 0. The maximum atomic E-state index is 10.4. The maximum Gasteiger partial charge on any atom is 0.330 e. The highest BCUT2D eigenvalue weighted by molar-refractivity contribution is 7.82. The highest BCUT2D eigenvalue weighted by atomic mass is 32.1. The van der Waals surface area contributed by atoms with Gasteiger partial charge < -0.3 is 5.73 Å². The van der Waals surface area contributed by atoms with E-state index in [2.05, 4.69) is 23.0 Å². The summed E-state index contributed by atoms with van der Waals surface area (Å²) in [5, 5.41) is 6.12. The van der Waals surface area contributed by atoms with E-state index in [4.69, 9.17) is 5.73 Å². The number of thiol groups is 1. The molecule has 54 valence electrons. The minimum Gasteiger partial charge on any atom is -0.350 e. The number of H-pyrrole nitrogens is 1. The van der Waals surface area contributed by atoms with E-state index in [-0.39, 0.29) is 0 Å². The molecular formula is C4H6N4OS. The van der Waals surface area contributed by atoms with Gasteiger partial charge in [-0.2, -0.15) is 5.10 Å². The summed E-state index contributed by atoms with van der Waals surface area (Å²) in [5.41, 5.74) is 4.89. The Morgan fingerprint density at radius 3 is 3.00 bits per heavy atom. The van der Waals surface area contributed by atoms with Crippen LogP contribution in [0.3, 0.4) is 0 Å². The number of hydrogen-bond donors (Lipinski definition) is 3. The lowest BCUT2D eigenvalue weighted by Gasteiger charge is -2.07. The molecule has 3 N–H and O–H groups in total. The third-order valence-corrected chi connectivity index (χ3v) is 1.34. The van der Waals surface area contributed by atoms with Gasteiger partial charge in [0.1, 0.15) is 5.82 Å². The molecule has 2 amide bonds. The normalized spacial score (nSPS) is 9.30. The summed E-state index contributed by atoms with van der Waals surface area (Å²) in [6, 6.07) is 0.935. The minimum atomic E-state index is -0.646. The topological polar surface area (TPSA) is 75.0 Å². The predicted molar refractivity (Wildman–Crippen MR) is 39.6 cm³/mol. The quantitative estimate of drug-likeness (QED) is 0.508. The van der Waals surface area contributed by atoms with Crippen molar-refractivity contribution in [3.63, 3.8) is 0 Å². The van der Waals surface area contributed by atoms with Crippen LogP contribution in [0.5, 0.6) is 0 Å². The fraction of sp³-hybridized carbons (Fsp3) is 0. The fourth-order valence-corrected chi connectivity index (χ4v) is 0.597. The molecular weight excluding hydrogens is 152 g/mol. The number of rotatable bonds is 1. The molecule has 0 aliphatic rings.